The molecule has 5 nitrogen and oxygen atoms in total. The highest BCUT2D eigenvalue weighted by atomic mass is 32.2. The van der Waals surface area contributed by atoms with Crippen molar-refractivity contribution in [3.8, 4) is 0 Å². The van der Waals surface area contributed by atoms with E-state index in [1.807, 2.05) is 25.0 Å². The number of amides is 1. The van der Waals surface area contributed by atoms with E-state index in [1.165, 1.54) is 12.0 Å². The molecule has 0 unspecified atom stereocenters. The van der Waals surface area contributed by atoms with Gasteiger partial charge in [-0.2, -0.15) is 0 Å². The van der Waals surface area contributed by atoms with Crippen LogP contribution in [0.25, 0.3) is 0 Å². The van der Waals surface area contributed by atoms with Gasteiger partial charge in [0.15, 0.2) is 0 Å². The van der Waals surface area contributed by atoms with Crippen LogP contribution < -0.4 is 0 Å². The molecule has 0 atom stereocenters. The van der Waals surface area contributed by atoms with Gasteiger partial charge in [-0.3, -0.25) is 9.59 Å². The Bertz CT molecular complexity index is 441. The Morgan fingerprint density at radius 1 is 1.04 bits per heavy atom. The second kappa shape index (κ2) is 11.3. The quantitative estimate of drug-likeness (QED) is 0.446. The summed E-state index contributed by atoms with van der Waals surface area (Å²) >= 11 is 1.45. The first-order valence-electron chi connectivity index (χ1n) is 10.1. The number of ketones is 1. The van der Waals surface area contributed by atoms with Crippen LogP contribution in [-0.2, 0) is 18.5 Å². The van der Waals surface area contributed by atoms with Crippen molar-refractivity contribution in [3.63, 3.8) is 0 Å². The zero-order valence-corrected chi connectivity index (χ0v) is 17.4. The minimum Gasteiger partial charge on any atom is -0.378 e. The molecule has 0 N–H and O–H groups in total. The summed E-state index contributed by atoms with van der Waals surface area (Å²) in [4.78, 5) is 26.3. The molecule has 6 heteroatoms. The van der Waals surface area contributed by atoms with E-state index >= 15 is 0 Å². The molecule has 0 aromatic heterocycles. The lowest BCUT2D eigenvalue weighted by Crippen LogP contribution is -2.41. The van der Waals surface area contributed by atoms with Gasteiger partial charge in [-0.1, -0.05) is 13.8 Å². The first-order valence-corrected chi connectivity index (χ1v) is 11.3. The topological polar surface area (TPSA) is 55.8 Å². The molecule has 2 fully saturated rings. The van der Waals surface area contributed by atoms with E-state index in [4.69, 9.17) is 8.92 Å². The van der Waals surface area contributed by atoms with Crippen molar-refractivity contribution in [3.05, 3.63) is 0 Å². The average molecular weight is 386 g/mol. The van der Waals surface area contributed by atoms with Crippen LogP contribution in [0.3, 0.4) is 0 Å². The molecule has 0 aromatic rings. The zero-order chi connectivity index (χ0) is 18.9. The molecule has 1 heterocycles. The van der Waals surface area contributed by atoms with Crippen molar-refractivity contribution in [2.75, 3.05) is 26.0 Å². The Labute approximate surface area is 162 Å². The number of nitrogens with zero attached hydrogens (tertiary/aromatic N) is 1. The molecule has 0 spiro atoms. The van der Waals surface area contributed by atoms with Crippen LogP contribution in [0.1, 0.15) is 65.2 Å². The molecule has 0 radical (unpaired) electrons. The van der Waals surface area contributed by atoms with E-state index in [2.05, 4.69) is 0 Å². The molecule has 2 aliphatic rings. The monoisotopic (exact) mass is 385 g/mol. The van der Waals surface area contributed by atoms with Crippen LogP contribution >= 0.6 is 12.0 Å². The molecule has 0 bridgehead atoms. The molecule has 0 aromatic carbocycles. The summed E-state index contributed by atoms with van der Waals surface area (Å²) in [5.41, 5.74) is 0. The van der Waals surface area contributed by atoms with Crippen molar-refractivity contribution in [2.45, 2.75) is 77.4 Å². The highest BCUT2D eigenvalue weighted by Crippen LogP contribution is 2.26. The third kappa shape index (κ3) is 6.86. The van der Waals surface area contributed by atoms with Crippen LogP contribution in [0, 0.1) is 11.8 Å². The van der Waals surface area contributed by atoms with Crippen molar-refractivity contribution in [2.24, 2.45) is 11.8 Å². The van der Waals surface area contributed by atoms with Gasteiger partial charge in [0.05, 0.1) is 12.2 Å². The smallest absolute Gasteiger partial charge is 0.222 e. The molecule has 1 saturated heterocycles. The molecule has 1 amide bonds. The Balaban J connectivity index is 1.55. The summed E-state index contributed by atoms with van der Waals surface area (Å²) < 4.78 is 11.5. The molecule has 2 rings (SSSR count). The fourth-order valence-electron chi connectivity index (χ4n) is 3.95. The number of hydrogen-bond donors (Lipinski definition) is 0. The standard InChI is InChI=1S/C20H35NO4S/c1-15(2)20(23)16-10-12-21(13-11-16)19(22)5-4-14-24-17-6-8-18(9-7-17)25-26-3/h15-18H,4-14H2,1-3H3. The van der Waals surface area contributed by atoms with E-state index < -0.39 is 0 Å². The Hall–Kier alpha value is -0.590. The molecule has 150 valence electrons. The molecule has 26 heavy (non-hydrogen) atoms. The van der Waals surface area contributed by atoms with Crippen molar-refractivity contribution < 1.29 is 18.5 Å². The highest BCUT2D eigenvalue weighted by molar-refractivity contribution is 7.93. The van der Waals surface area contributed by atoms with Crippen LogP contribution in [0.4, 0.5) is 0 Å². The lowest BCUT2D eigenvalue weighted by atomic mass is 9.87. The van der Waals surface area contributed by atoms with Gasteiger partial charge in [-0.15, -0.1) is 0 Å². The minimum absolute atomic E-state index is 0.0988. The third-order valence-corrected chi connectivity index (χ3v) is 6.03. The molecule has 1 aliphatic heterocycles. The molecule has 1 aliphatic carbocycles. The maximum absolute atomic E-state index is 12.3. The number of hydrogen-bond acceptors (Lipinski definition) is 5. The first kappa shape index (κ1) is 21.7. The predicted octanol–water partition coefficient (Wildman–Crippen LogP) is 3.85. The first-order chi connectivity index (χ1) is 12.5. The minimum atomic E-state index is 0.0988. The second-order valence-corrected chi connectivity index (χ2v) is 8.37. The van der Waals surface area contributed by atoms with Crippen LogP contribution in [0.2, 0.25) is 0 Å². The van der Waals surface area contributed by atoms with Gasteiger partial charge in [0.25, 0.3) is 0 Å². The summed E-state index contributed by atoms with van der Waals surface area (Å²) in [6.45, 7) is 6.03. The largest absolute Gasteiger partial charge is 0.378 e. The molecular formula is C20H35NO4S. The number of Topliss-reactive ketones (excluding diaryl/α,β-unsaturated/α-hetero) is 1. The van der Waals surface area contributed by atoms with Crippen LogP contribution in [-0.4, -0.2) is 54.8 Å². The fourth-order valence-corrected chi connectivity index (χ4v) is 4.41. The number of ether oxygens (including phenoxy) is 1. The number of likely N-dealkylation sites (tertiary alicyclic amines) is 1. The molecule has 1 saturated carbocycles. The van der Waals surface area contributed by atoms with Crippen molar-refractivity contribution in [1.82, 2.24) is 4.90 Å². The van der Waals surface area contributed by atoms with Gasteiger partial charge >= 0.3 is 0 Å². The van der Waals surface area contributed by atoms with Crippen LogP contribution in [0.15, 0.2) is 0 Å². The lowest BCUT2D eigenvalue weighted by Gasteiger charge is -2.32. The van der Waals surface area contributed by atoms with Gasteiger partial charge in [0.2, 0.25) is 5.91 Å². The zero-order valence-electron chi connectivity index (χ0n) is 16.6. The summed E-state index contributed by atoms with van der Waals surface area (Å²) in [6, 6.07) is 0. The van der Waals surface area contributed by atoms with E-state index in [1.54, 1.807) is 0 Å². The Kier molecular flexibility index (Phi) is 9.43. The summed E-state index contributed by atoms with van der Waals surface area (Å²) in [7, 11) is 0. The number of carbonyl (C=O) groups excluding carboxylic acids is 2. The molecular weight excluding hydrogens is 350 g/mol. The van der Waals surface area contributed by atoms with E-state index in [9.17, 15) is 9.59 Å². The van der Waals surface area contributed by atoms with Gasteiger partial charge < -0.3 is 13.8 Å². The number of rotatable bonds is 9. The third-order valence-electron chi connectivity index (χ3n) is 5.56. The van der Waals surface area contributed by atoms with Gasteiger partial charge in [0.1, 0.15) is 5.78 Å². The van der Waals surface area contributed by atoms with Gasteiger partial charge in [0, 0.05) is 44.2 Å². The lowest BCUT2D eigenvalue weighted by molar-refractivity contribution is -0.136. The second-order valence-electron chi connectivity index (χ2n) is 7.85. The fraction of sp³-hybridized carbons (Fsp3) is 0.900. The predicted molar refractivity (Wildman–Crippen MR) is 105 cm³/mol. The number of carbonyl (C=O) groups is 2. The van der Waals surface area contributed by atoms with E-state index in [-0.39, 0.29) is 17.7 Å². The summed E-state index contributed by atoms with van der Waals surface area (Å²) in [5.74, 6) is 0.804. The maximum Gasteiger partial charge on any atom is 0.222 e. The average Bonchev–Trinajstić information content (AvgIpc) is 2.66. The normalized spacial score (nSPS) is 24.8. The van der Waals surface area contributed by atoms with Crippen LogP contribution in [0.5, 0.6) is 0 Å². The summed E-state index contributed by atoms with van der Waals surface area (Å²) in [6.07, 6.45) is 9.86. The highest BCUT2D eigenvalue weighted by Gasteiger charge is 2.28. The number of piperidine rings is 1. The van der Waals surface area contributed by atoms with Crippen molar-refractivity contribution in [1.29, 1.82) is 0 Å². The maximum atomic E-state index is 12.3. The van der Waals surface area contributed by atoms with Crippen molar-refractivity contribution >= 4 is 23.7 Å². The SMILES string of the molecule is CSOC1CCC(OCCCC(=O)N2CCC(C(=O)C(C)C)CC2)CC1. The van der Waals surface area contributed by atoms with E-state index in [0.29, 0.717) is 31.0 Å². The van der Waals surface area contributed by atoms with Gasteiger partial charge in [-0.25, -0.2) is 0 Å². The van der Waals surface area contributed by atoms with Gasteiger partial charge in [-0.05, 0) is 57.0 Å². The Morgan fingerprint density at radius 3 is 2.23 bits per heavy atom. The van der Waals surface area contributed by atoms with E-state index in [0.717, 1.165) is 58.0 Å². The summed E-state index contributed by atoms with van der Waals surface area (Å²) in [5, 5.41) is 0. The Morgan fingerprint density at radius 2 is 1.65 bits per heavy atom.